The number of nitrogens with zero attached hydrogens (tertiary/aromatic N) is 1. The van der Waals surface area contributed by atoms with Crippen molar-refractivity contribution in [1.82, 2.24) is 10.3 Å². The second kappa shape index (κ2) is 5.91. The van der Waals surface area contributed by atoms with Gasteiger partial charge in [0.15, 0.2) is 0 Å². The van der Waals surface area contributed by atoms with Gasteiger partial charge in [0, 0.05) is 22.1 Å². The molecule has 0 aliphatic carbocycles. The van der Waals surface area contributed by atoms with Gasteiger partial charge in [0.1, 0.15) is 11.5 Å². The number of ether oxygens (including phenoxy) is 2. The van der Waals surface area contributed by atoms with Crippen LogP contribution < -0.4 is 20.5 Å². The van der Waals surface area contributed by atoms with Crippen LogP contribution in [-0.4, -0.2) is 18.1 Å². The fraction of sp³-hybridized carbons (Fsp3) is 0.350. The lowest BCUT2D eigenvalue weighted by molar-refractivity contribution is 0.196. The highest BCUT2D eigenvalue weighted by Crippen LogP contribution is 2.50. The third-order valence-electron chi connectivity index (χ3n) is 4.58. The van der Waals surface area contributed by atoms with Crippen LogP contribution in [0.2, 0.25) is 0 Å². The molecule has 2 aliphatic rings. The predicted octanol–water partition coefficient (Wildman–Crippen LogP) is 4.06. The first kappa shape index (κ1) is 17.2. The molecule has 3 N–H and O–H groups in total. The van der Waals surface area contributed by atoms with Crippen LogP contribution in [0.15, 0.2) is 46.8 Å². The van der Waals surface area contributed by atoms with Gasteiger partial charge in [-0.1, -0.05) is 36.7 Å². The first-order chi connectivity index (χ1) is 12.3. The van der Waals surface area contributed by atoms with E-state index in [1.54, 1.807) is 6.20 Å². The lowest BCUT2D eigenvalue weighted by Gasteiger charge is -2.35. The van der Waals surface area contributed by atoms with E-state index in [0.29, 0.717) is 24.9 Å². The molecule has 0 unspecified atom stereocenters. The zero-order valence-corrected chi connectivity index (χ0v) is 16.7. The summed E-state index contributed by atoms with van der Waals surface area (Å²) in [6, 6.07) is 8.03. The highest BCUT2D eigenvalue weighted by atomic mass is 79.9. The van der Waals surface area contributed by atoms with Crippen LogP contribution in [-0.2, 0) is 5.41 Å². The van der Waals surface area contributed by atoms with E-state index >= 15 is 0 Å². The molecule has 4 rings (SSSR count). The van der Waals surface area contributed by atoms with Crippen molar-refractivity contribution >= 4 is 15.9 Å². The first-order valence-corrected chi connectivity index (χ1v) is 9.40. The Morgan fingerprint density at radius 3 is 2.81 bits per heavy atom. The number of pyridine rings is 1. The Labute approximate surface area is 161 Å². The van der Waals surface area contributed by atoms with Crippen molar-refractivity contribution < 1.29 is 9.47 Å². The van der Waals surface area contributed by atoms with E-state index in [1.165, 1.54) is 0 Å². The number of fused-ring (bicyclic) bond motifs is 4. The third-order valence-corrected chi connectivity index (χ3v) is 5.07. The Morgan fingerprint density at radius 1 is 1.31 bits per heavy atom. The molecule has 1 spiro atoms. The number of halogens is 1. The molecular formula is C20H22BrN3O2. The summed E-state index contributed by atoms with van der Waals surface area (Å²) in [5.41, 5.74) is 7.75. The normalized spacial score (nSPS) is 20.7. The summed E-state index contributed by atoms with van der Waals surface area (Å²) in [4.78, 5) is 4.53. The molecule has 136 valence electrons. The number of rotatable bonds is 2. The van der Waals surface area contributed by atoms with Gasteiger partial charge >= 0.3 is 0 Å². The lowest BCUT2D eigenvalue weighted by Crippen LogP contribution is -2.34. The third kappa shape index (κ3) is 2.92. The molecule has 3 heterocycles. The van der Waals surface area contributed by atoms with Crippen LogP contribution in [0.3, 0.4) is 0 Å². The number of nitrogens with two attached hydrogens (primary N) is 1. The Balaban J connectivity index is 1.83. The minimum absolute atomic E-state index is 0.0702. The predicted molar refractivity (Wildman–Crippen MR) is 104 cm³/mol. The molecule has 0 radical (unpaired) electrons. The van der Waals surface area contributed by atoms with Gasteiger partial charge in [-0.05, 0) is 35.8 Å². The maximum Gasteiger partial charge on any atom is 0.223 e. The van der Waals surface area contributed by atoms with Gasteiger partial charge in [-0.2, -0.15) is 0 Å². The van der Waals surface area contributed by atoms with Crippen molar-refractivity contribution in [1.29, 1.82) is 0 Å². The van der Waals surface area contributed by atoms with E-state index in [-0.39, 0.29) is 5.41 Å². The molecular weight excluding hydrogens is 394 g/mol. The largest absolute Gasteiger partial charge is 0.491 e. The van der Waals surface area contributed by atoms with Crippen LogP contribution in [0.5, 0.6) is 17.4 Å². The van der Waals surface area contributed by atoms with Gasteiger partial charge in [0.05, 0.1) is 24.0 Å². The molecule has 6 heteroatoms. The molecule has 0 saturated carbocycles. The molecule has 26 heavy (non-hydrogen) atoms. The minimum Gasteiger partial charge on any atom is -0.491 e. The average molecular weight is 416 g/mol. The van der Waals surface area contributed by atoms with Crippen LogP contribution in [0.25, 0.3) is 0 Å². The summed E-state index contributed by atoms with van der Waals surface area (Å²) in [5.74, 6) is 2.78. The molecule has 0 saturated heterocycles. The molecule has 1 aromatic carbocycles. The maximum absolute atomic E-state index is 6.09. The highest BCUT2D eigenvalue weighted by Gasteiger charge is 2.44. The van der Waals surface area contributed by atoms with Crippen LogP contribution >= 0.6 is 15.9 Å². The molecule has 0 fully saturated rings. The van der Waals surface area contributed by atoms with Crippen molar-refractivity contribution in [2.45, 2.75) is 26.2 Å². The van der Waals surface area contributed by atoms with E-state index in [2.05, 4.69) is 59.1 Å². The molecule has 1 aromatic heterocycles. The molecule has 0 bridgehead atoms. The maximum atomic E-state index is 6.09. The zero-order valence-electron chi connectivity index (χ0n) is 15.1. The number of hydrogen-bond donors (Lipinski definition) is 2. The number of hydrogen-bond acceptors (Lipinski definition) is 5. The summed E-state index contributed by atoms with van der Waals surface area (Å²) in [6.07, 6.45) is 3.77. The number of aromatic nitrogens is 1. The Morgan fingerprint density at radius 2 is 2.12 bits per heavy atom. The Bertz CT molecular complexity index is 904. The average Bonchev–Trinajstić information content (AvgIpc) is 2.96. The molecule has 2 aliphatic heterocycles. The van der Waals surface area contributed by atoms with Crippen molar-refractivity contribution in [3.8, 4) is 17.4 Å². The topological polar surface area (TPSA) is 69.4 Å². The summed E-state index contributed by atoms with van der Waals surface area (Å²) in [7, 11) is 0. The van der Waals surface area contributed by atoms with Crippen LogP contribution in [0.4, 0.5) is 0 Å². The highest BCUT2D eigenvalue weighted by molar-refractivity contribution is 9.10. The first-order valence-electron chi connectivity index (χ1n) is 8.60. The van der Waals surface area contributed by atoms with Gasteiger partial charge in [0.25, 0.3) is 0 Å². The van der Waals surface area contributed by atoms with Gasteiger partial charge < -0.3 is 20.5 Å². The summed E-state index contributed by atoms with van der Waals surface area (Å²) < 4.78 is 13.0. The standard InChI is InChI=1S/C20H22BrN3O2/c1-19(2,3)11-25-13-7-15-18(23-9-13)26-16-5-4-12(21)6-14(16)20(15)8-17(22)24-10-20/h4-9,24H,10-11,22H2,1-3H3/t20-/m0/s1. The van der Waals surface area contributed by atoms with Crippen LogP contribution in [0.1, 0.15) is 31.9 Å². The van der Waals surface area contributed by atoms with Crippen molar-refractivity contribution in [3.05, 3.63) is 58.0 Å². The monoisotopic (exact) mass is 415 g/mol. The van der Waals surface area contributed by atoms with Crippen molar-refractivity contribution in [2.24, 2.45) is 11.1 Å². The smallest absolute Gasteiger partial charge is 0.223 e. The van der Waals surface area contributed by atoms with Gasteiger partial charge in [-0.15, -0.1) is 0 Å². The van der Waals surface area contributed by atoms with Crippen molar-refractivity contribution in [2.75, 3.05) is 13.2 Å². The fourth-order valence-electron chi connectivity index (χ4n) is 3.36. The SMILES string of the molecule is CC(C)(C)COc1cnc2c(c1)[C@]1(C=C(N)NC1)c1cc(Br)ccc1O2. The van der Waals surface area contributed by atoms with Gasteiger partial charge in [0.2, 0.25) is 5.88 Å². The van der Waals surface area contributed by atoms with E-state index in [4.69, 9.17) is 15.2 Å². The molecule has 5 nitrogen and oxygen atoms in total. The second-order valence-electron chi connectivity index (χ2n) is 8.04. The zero-order chi connectivity index (χ0) is 18.5. The molecule has 2 aromatic rings. The summed E-state index contributed by atoms with van der Waals surface area (Å²) in [5, 5.41) is 3.26. The van der Waals surface area contributed by atoms with E-state index in [9.17, 15) is 0 Å². The summed E-state index contributed by atoms with van der Waals surface area (Å²) in [6.45, 7) is 7.69. The minimum atomic E-state index is -0.426. The van der Waals surface area contributed by atoms with Crippen molar-refractivity contribution in [3.63, 3.8) is 0 Å². The lowest BCUT2D eigenvalue weighted by atomic mass is 9.74. The Kier molecular flexibility index (Phi) is 3.91. The second-order valence-corrected chi connectivity index (χ2v) is 8.96. The van der Waals surface area contributed by atoms with Crippen LogP contribution in [0, 0.1) is 5.41 Å². The Hall–Kier alpha value is -2.21. The number of benzene rings is 1. The van der Waals surface area contributed by atoms with Gasteiger partial charge in [-0.3, -0.25) is 0 Å². The summed E-state index contributed by atoms with van der Waals surface area (Å²) >= 11 is 3.57. The van der Waals surface area contributed by atoms with E-state index < -0.39 is 5.41 Å². The molecule has 0 amide bonds. The quantitative estimate of drug-likeness (QED) is 0.773. The number of nitrogens with one attached hydrogen (secondary N) is 1. The fourth-order valence-corrected chi connectivity index (χ4v) is 3.72. The molecule has 1 atom stereocenters. The van der Waals surface area contributed by atoms with Gasteiger partial charge in [-0.25, -0.2) is 4.98 Å². The van der Waals surface area contributed by atoms with E-state index in [1.807, 2.05) is 18.2 Å². The van der Waals surface area contributed by atoms with E-state index in [0.717, 1.165) is 27.1 Å².